The third-order valence-corrected chi connectivity index (χ3v) is 5.78. The van der Waals surface area contributed by atoms with Crippen molar-refractivity contribution in [2.24, 2.45) is 11.3 Å². The van der Waals surface area contributed by atoms with Crippen molar-refractivity contribution < 1.29 is 14.3 Å². The Morgan fingerprint density at radius 3 is 2.96 bits per heavy atom. The Morgan fingerprint density at radius 2 is 2.17 bits per heavy atom. The molecule has 3 aliphatic rings. The number of amides is 2. The first-order valence-corrected chi connectivity index (χ1v) is 8.80. The lowest BCUT2D eigenvalue weighted by Crippen LogP contribution is -2.67. The number of hydrogen-bond acceptors (Lipinski definition) is 4. The summed E-state index contributed by atoms with van der Waals surface area (Å²) >= 11 is 0. The molecule has 0 bridgehead atoms. The molecule has 0 spiro atoms. The molecule has 0 aromatic heterocycles. The van der Waals surface area contributed by atoms with Crippen molar-refractivity contribution in [3.8, 4) is 0 Å². The Hall–Kier alpha value is -1.14. The molecule has 0 unspecified atom stereocenters. The van der Waals surface area contributed by atoms with Gasteiger partial charge in [0.05, 0.1) is 12.6 Å². The van der Waals surface area contributed by atoms with E-state index >= 15 is 0 Å². The molecule has 1 saturated carbocycles. The van der Waals surface area contributed by atoms with E-state index in [1.807, 2.05) is 7.05 Å². The molecule has 0 aromatic carbocycles. The highest BCUT2D eigenvalue weighted by molar-refractivity contribution is 5.88. The molecule has 2 saturated heterocycles. The van der Waals surface area contributed by atoms with Gasteiger partial charge in [0.25, 0.3) is 0 Å². The Labute approximate surface area is 138 Å². The lowest BCUT2D eigenvalue weighted by Gasteiger charge is -2.57. The van der Waals surface area contributed by atoms with Crippen molar-refractivity contribution in [2.45, 2.75) is 57.7 Å². The summed E-state index contributed by atoms with van der Waals surface area (Å²) in [6.45, 7) is 6.32. The number of hydrogen-bond donors (Lipinski definition) is 2. The zero-order valence-electron chi connectivity index (χ0n) is 14.4. The monoisotopic (exact) mass is 323 g/mol. The summed E-state index contributed by atoms with van der Waals surface area (Å²) in [6, 6.07) is -0.0147. The first-order chi connectivity index (χ1) is 10.9. The molecule has 2 N–H and O–H groups in total. The third-order valence-electron chi connectivity index (χ3n) is 5.78. The van der Waals surface area contributed by atoms with E-state index in [1.165, 1.54) is 0 Å². The van der Waals surface area contributed by atoms with Crippen LogP contribution >= 0.6 is 0 Å². The van der Waals surface area contributed by atoms with Crippen LogP contribution < -0.4 is 10.6 Å². The van der Waals surface area contributed by atoms with Crippen molar-refractivity contribution in [3.63, 3.8) is 0 Å². The standard InChI is InChI=1S/C17H29N3O3/c1-17(2)14(11-7-9-23-15(11)17)20(3)10-13(21)19-12-6-4-5-8-18-16(12)22/h11-12,14-15H,4-10H2,1-3H3,(H,18,22)(H,19,21)/t11-,12+,14+,15-/m0/s1. The van der Waals surface area contributed by atoms with Gasteiger partial charge in [-0.25, -0.2) is 0 Å². The molecule has 0 aromatic rings. The van der Waals surface area contributed by atoms with Gasteiger partial charge in [-0.05, 0) is 32.7 Å². The minimum Gasteiger partial charge on any atom is -0.377 e. The fourth-order valence-corrected chi connectivity index (χ4v) is 4.83. The first kappa shape index (κ1) is 16.7. The predicted molar refractivity (Wildman–Crippen MR) is 86.8 cm³/mol. The normalized spacial score (nSPS) is 35.9. The summed E-state index contributed by atoms with van der Waals surface area (Å²) in [6.07, 6.45) is 4.09. The number of nitrogens with one attached hydrogen (secondary N) is 2. The maximum Gasteiger partial charge on any atom is 0.242 e. The second-order valence-electron chi connectivity index (χ2n) is 7.83. The molecule has 3 fully saturated rings. The van der Waals surface area contributed by atoms with Crippen LogP contribution in [0.15, 0.2) is 0 Å². The molecule has 2 aliphatic heterocycles. The fraction of sp³-hybridized carbons (Fsp3) is 0.882. The molecule has 6 nitrogen and oxygen atoms in total. The number of ether oxygens (including phenoxy) is 1. The van der Waals surface area contributed by atoms with Crippen LogP contribution in [0.2, 0.25) is 0 Å². The van der Waals surface area contributed by atoms with Crippen LogP contribution in [0.4, 0.5) is 0 Å². The maximum atomic E-state index is 12.4. The summed E-state index contributed by atoms with van der Waals surface area (Å²) < 4.78 is 5.82. The highest BCUT2D eigenvalue weighted by atomic mass is 16.5. The molecule has 2 heterocycles. The lowest BCUT2D eigenvalue weighted by molar-refractivity contribution is -0.154. The lowest BCUT2D eigenvalue weighted by atomic mass is 9.57. The third kappa shape index (κ3) is 3.11. The van der Waals surface area contributed by atoms with E-state index in [4.69, 9.17) is 4.74 Å². The van der Waals surface area contributed by atoms with E-state index in [-0.39, 0.29) is 23.3 Å². The van der Waals surface area contributed by atoms with Gasteiger partial charge in [0.1, 0.15) is 6.04 Å². The van der Waals surface area contributed by atoms with Gasteiger partial charge in [0.2, 0.25) is 11.8 Å². The van der Waals surface area contributed by atoms with Crippen LogP contribution in [0.25, 0.3) is 0 Å². The topological polar surface area (TPSA) is 70.7 Å². The molecule has 3 rings (SSSR count). The smallest absolute Gasteiger partial charge is 0.242 e. The Bertz CT molecular complexity index is 480. The molecule has 1 aliphatic carbocycles. The molecular weight excluding hydrogens is 294 g/mol. The Kier molecular flexibility index (Phi) is 4.65. The number of likely N-dealkylation sites (N-methyl/N-ethyl adjacent to an activating group) is 1. The largest absolute Gasteiger partial charge is 0.377 e. The van der Waals surface area contributed by atoms with Gasteiger partial charge in [-0.3, -0.25) is 14.5 Å². The quantitative estimate of drug-likeness (QED) is 0.791. The Balaban J connectivity index is 1.54. The molecule has 23 heavy (non-hydrogen) atoms. The van der Waals surface area contributed by atoms with Gasteiger partial charge in [-0.15, -0.1) is 0 Å². The summed E-state index contributed by atoms with van der Waals surface area (Å²) in [4.78, 5) is 26.4. The van der Waals surface area contributed by atoms with Gasteiger partial charge in [0.15, 0.2) is 0 Å². The fourth-order valence-electron chi connectivity index (χ4n) is 4.83. The second kappa shape index (κ2) is 6.40. The van der Waals surface area contributed by atoms with Gasteiger partial charge >= 0.3 is 0 Å². The summed E-state index contributed by atoms with van der Waals surface area (Å²) in [5.41, 5.74) is 0.0793. The maximum absolute atomic E-state index is 12.4. The van der Waals surface area contributed by atoms with Crippen molar-refractivity contribution in [1.82, 2.24) is 15.5 Å². The molecular formula is C17H29N3O3. The number of nitrogens with zero attached hydrogens (tertiary/aromatic N) is 1. The molecule has 0 radical (unpaired) electrons. The number of carbonyl (C=O) groups is 2. The average molecular weight is 323 g/mol. The summed E-state index contributed by atoms with van der Waals surface area (Å²) in [5, 5.41) is 5.76. The van der Waals surface area contributed by atoms with Crippen LogP contribution in [0, 0.1) is 11.3 Å². The highest BCUT2D eigenvalue weighted by Gasteiger charge is 2.60. The van der Waals surface area contributed by atoms with Crippen LogP contribution in [-0.2, 0) is 14.3 Å². The van der Waals surface area contributed by atoms with Gasteiger partial charge in [-0.1, -0.05) is 13.8 Å². The Morgan fingerprint density at radius 1 is 1.39 bits per heavy atom. The zero-order valence-corrected chi connectivity index (χ0v) is 14.4. The second-order valence-corrected chi connectivity index (χ2v) is 7.83. The summed E-state index contributed by atoms with van der Waals surface area (Å²) in [5.74, 6) is 0.420. The number of rotatable bonds is 4. The van der Waals surface area contributed by atoms with Crippen molar-refractivity contribution in [3.05, 3.63) is 0 Å². The van der Waals surface area contributed by atoms with E-state index in [1.54, 1.807) is 0 Å². The average Bonchev–Trinajstić information content (AvgIpc) is 2.81. The van der Waals surface area contributed by atoms with Crippen molar-refractivity contribution >= 4 is 11.8 Å². The van der Waals surface area contributed by atoms with Crippen LogP contribution in [0.3, 0.4) is 0 Å². The van der Waals surface area contributed by atoms with E-state index in [9.17, 15) is 9.59 Å². The molecule has 4 atom stereocenters. The highest BCUT2D eigenvalue weighted by Crippen LogP contribution is 2.54. The van der Waals surface area contributed by atoms with Gasteiger partial charge in [0, 0.05) is 30.5 Å². The van der Waals surface area contributed by atoms with E-state index in [0.29, 0.717) is 31.2 Å². The first-order valence-electron chi connectivity index (χ1n) is 8.80. The van der Waals surface area contributed by atoms with Crippen molar-refractivity contribution in [2.75, 3.05) is 26.7 Å². The van der Waals surface area contributed by atoms with Crippen LogP contribution in [0.5, 0.6) is 0 Å². The molecule has 6 heteroatoms. The minimum atomic E-state index is -0.379. The van der Waals surface area contributed by atoms with Gasteiger partial charge < -0.3 is 15.4 Å². The predicted octanol–water partition coefficient (Wildman–Crippen LogP) is 0.517. The minimum absolute atomic E-state index is 0.0493. The van der Waals surface area contributed by atoms with Crippen LogP contribution in [-0.4, -0.2) is 61.6 Å². The van der Waals surface area contributed by atoms with E-state index in [2.05, 4.69) is 29.4 Å². The zero-order chi connectivity index (χ0) is 16.6. The van der Waals surface area contributed by atoms with Crippen LogP contribution in [0.1, 0.15) is 39.5 Å². The number of carbonyl (C=O) groups excluding carboxylic acids is 2. The molecule has 2 amide bonds. The SMILES string of the molecule is CN(CC(=O)N[C@@H]1CCCCNC1=O)[C@@H]1[C@@H]2CCO[C@@H]2C1(C)C. The number of fused-ring (bicyclic) bond motifs is 1. The summed E-state index contributed by atoms with van der Waals surface area (Å²) in [7, 11) is 2.01. The molecule has 130 valence electrons. The van der Waals surface area contributed by atoms with Crippen molar-refractivity contribution in [1.29, 1.82) is 0 Å². The van der Waals surface area contributed by atoms with E-state index in [0.717, 1.165) is 32.3 Å². The van der Waals surface area contributed by atoms with E-state index < -0.39 is 0 Å². The van der Waals surface area contributed by atoms with Gasteiger partial charge in [-0.2, -0.15) is 0 Å².